The van der Waals surface area contributed by atoms with Gasteiger partial charge in [0.2, 0.25) is 0 Å². The van der Waals surface area contributed by atoms with E-state index >= 15 is 0 Å². The molecule has 3 fully saturated rings. The van der Waals surface area contributed by atoms with Crippen molar-refractivity contribution in [1.29, 1.82) is 0 Å². The fourth-order valence-electron chi connectivity index (χ4n) is 3.65. The standard InChI is InChI=1S/C19H28N2O2/c1-2-3-4-15-5-7-16(8-6-15)14-23-19(22)20-18-13-21-11-9-17(18)10-12-21/h5-8,17-18H,2-4,9-14H2,1H3,(H,20,22). The first-order chi connectivity index (χ1) is 11.2. The van der Waals surface area contributed by atoms with E-state index in [0.717, 1.165) is 18.5 Å². The zero-order valence-electron chi connectivity index (χ0n) is 14.1. The molecular weight excluding hydrogens is 288 g/mol. The number of amides is 1. The summed E-state index contributed by atoms with van der Waals surface area (Å²) < 4.78 is 5.39. The molecule has 3 aliphatic rings. The molecule has 0 aliphatic carbocycles. The summed E-state index contributed by atoms with van der Waals surface area (Å²) in [6, 6.07) is 8.67. The van der Waals surface area contributed by atoms with Crippen molar-refractivity contribution in [2.24, 2.45) is 5.92 Å². The van der Waals surface area contributed by atoms with Crippen LogP contribution in [-0.2, 0) is 17.8 Å². The van der Waals surface area contributed by atoms with Crippen molar-refractivity contribution < 1.29 is 9.53 Å². The van der Waals surface area contributed by atoms with Gasteiger partial charge in [-0.25, -0.2) is 4.79 Å². The van der Waals surface area contributed by atoms with Crippen LogP contribution in [0.25, 0.3) is 0 Å². The van der Waals surface area contributed by atoms with Gasteiger partial charge in [-0.2, -0.15) is 0 Å². The van der Waals surface area contributed by atoms with E-state index in [9.17, 15) is 4.79 Å². The minimum absolute atomic E-state index is 0.265. The number of ether oxygens (including phenoxy) is 1. The van der Waals surface area contributed by atoms with Gasteiger partial charge in [-0.1, -0.05) is 37.6 Å². The van der Waals surface area contributed by atoms with E-state index in [0.29, 0.717) is 12.5 Å². The number of nitrogens with one attached hydrogen (secondary N) is 1. The van der Waals surface area contributed by atoms with Gasteiger partial charge >= 0.3 is 6.09 Å². The molecule has 126 valence electrons. The van der Waals surface area contributed by atoms with E-state index in [4.69, 9.17) is 4.74 Å². The predicted molar refractivity (Wildman–Crippen MR) is 91.3 cm³/mol. The summed E-state index contributed by atoms with van der Waals surface area (Å²) in [4.78, 5) is 14.4. The summed E-state index contributed by atoms with van der Waals surface area (Å²) in [5.41, 5.74) is 2.40. The Morgan fingerprint density at radius 1 is 1.22 bits per heavy atom. The third kappa shape index (κ3) is 4.47. The number of carbonyl (C=O) groups is 1. The average Bonchev–Trinajstić information content (AvgIpc) is 2.60. The van der Waals surface area contributed by atoms with Gasteiger partial charge < -0.3 is 15.0 Å². The number of hydrogen-bond donors (Lipinski definition) is 1. The summed E-state index contributed by atoms with van der Waals surface area (Å²) in [5, 5.41) is 3.06. The molecule has 1 amide bonds. The van der Waals surface area contributed by atoms with Crippen LogP contribution in [0, 0.1) is 5.92 Å². The lowest BCUT2D eigenvalue weighted by molar-refractivity contribution is 0.0642. The van der Waals surface area contributed by atoms with E-state index in [1.807, 2.05) is 0 Å². The van der Waals surface area contributed by atoms with Gasteiger partial charge in [-0.05, 0) is 55.8 Å². The maximum Gasteiger partial charge on any atom is 0.407 e. The molecule has 3 aliphatic heterocycles. The van der Waals surface area contributed by atoms with Crippen LogP contribution in [0.5, 0.6) is 0 Å². The van der Waals surface area contributed by atoms with E-state index in [-0.39, 0.29) is 12.1 Å². The fraction of sp³-hybridized carbons (Fsp3) is 0.632. The maximum atomic E-state index is 12.0. The van der Waals surface area contributed by atoms with Crippen LogP contribution in [-0.4, -0.2) is 36.7 Å². The Morgan fingerprint density at radius 2 is 1.91 bits per heavy atom. The molecule has 0 spiro atoms. The Balaban J connectivity index is 1.42. The van der Waals surface area contributed by atoms with Crippen molar-refractivity contribution in [2.75, 3.05) is 19.6 Å². The lowest BCUT2D eigenvalue weighted by atomic mass is 9.84. The van der Waals surface area contributed by atoms with Gasteiger partial charge in [0.1, 0.15) is 6.61 Å². The van der Waals surface area contributed by atoms with Crippen LogP contribution in [0.3, 0.4) is 0 Å². The Kier molecular flexibility index (Phi) is 5.55. The molecule has 4 rings (SSSR count). The first-order valence-electron chi connectivity index (χ1n) is 8.98. The molecule has 0 radical (unpaired) electrons. The van der Waals surface area contributed by atoms with E-state index in [1.54, 1.807) is 0 Å². The summed E-state index contributed by atoms with van der Waals surface area (Å²) in [6.07, 6.45) is 5.67. The highest BCUT2D eigenvalue weighted by atomic mass is 16.5. The highest BCUT2D eigenvalue weighted by Crippen LogP contribution is 2.27. The third-order valence-corrected chi connectivity index (χ3v) is 5.17. The highest BCUT2D eigenvalue weighted by molar-refractivity contribution is 5.67. The highest BCUT2D eigenvalue weighted by Gasteiger charge is 2.35. The minimum atomic E-state index is -0.279. The molecule has 0 saturated carbocycles. The number of fused-ring (bicyclic) bond motifs is 3. The number of rotatable bonds is 6. The summed E-state index contributed by atoms with van der Waals surface area (Å²) in [7, 11) is 0. The van der Waals surface area contributed by atoms with Crippen LogP contribution >= 0.6 is 0 Å². The van der Waals surface area contributed by atoms with Crippen molar-refractivity contribution in [1.82, 2.24) is 10.2 Å². The predicted octanol–water partition coefficient (Wildman–Crippen LogP) is 3.35. The Bertz CT molecular complexity index is 507. The molecule has 1 N–H and O–H groups in total. The first-order valence-corrected chi connectivity index (χ1v) is 8.98. The quantitative estimate of drug-likeness (QED) is 0.875. The topological polar surface area (TPSA) is 41.6 Å². The smallest absolute Gasteiger partial charge is 0.407 e. The molecule has 1 atom stereocenters. The zero-order valence-corrected chi connectivity index (χ0v) is 14.1. The van der Waals surface area contributed by atoms with Crippen molar-refractivity contribution in [3.63, 3.8) is 0 Å². The number of alkyl carbamates (subject to hydrolysis) is 1. The van der Waals surface area contributed by atoms with E-state index in [2.05, 4.69) is 41.4 Å². The van der Waals surface area contributed by atoms with Gasteiger partial charge in [-0.15, -0.1) is 0 Å². The number of carbonyl (C=O) groups excluding carboxylic acids is 1. The average molecular weight is 316 g/mol. The van der Waals surface area contributed by atoms with Gasteiger partial charge in [0.05, 0.1) is 0 Å². The molecule has 3 saturated heterocycles. The number of aryl methyl sites for hydroxylation is 1. The molecule has 1 aromatic rings. The maximum absolute atomic E-state index is 12.0. The number of benzene rings is 1. The fourth-order valence-corrected chi connectivity index (χ4v) is 3.65. The molecule has 0 aromatic heterocycles. The SMILES string of the molecule is CCCCc1ccc(COC(=O)NC2CN3CCC2CC3)cc1. The second kappa shape index (κ2) is 7.82. The molecule has 23 heavy (non-hydrogen) atoms. The van der Waals surface area contributed by atoms with Crippen LogP contribution < -0.4 is 5.32 Å². The van der Waals surface area contributed by atoms with Crippen molar-refractivity contribution in [3.8, 4) is 0 Å². The van der Waals surface area contributed by atoms with Gasteiger partial charge in [0, 0.05) is 12.6 Å². The number of piperidine rings is 3. The number of unbranched alkanes of at least 4 members (excludes halogenated alkanes) is 1. The van der Waals surface area contributed by atoms with Gasteiger partial charge in [0.15, 0.2) is 0 Å². The summed E-state index contributed by atoms with van der Waals surface area (Å²) >= 11 is 0. The molecule has 4 nitrogen and oxygen atoms in total. The van der Waals surface area contributed by atoms with Crippen LogP contribution in [0.2, 0.25) is 0 Å². The minimum Gasteiger partial charge on any atom is -0.445 e. The summed E-state index contributed by atoms with van der Waals surface area (Å²) in [5.74, 6) is 0.630. The molecular formula is C19H28N2O2. The Morgan fingerprint density at radius 3 is 2.52 bits per heavy atom. The second-order valence-corrected chi connectivity index (χ2v) is 6.89. The van der Waals surface area contributed by atoms with E-state index < -0.39 is 0 Å². The van der Waals surface area contributed by atoms with Crippen molar-refractivity contribution in [3.05, 3.63) is 35.4 Å². The Labute approximate surface area is 139 Å². The second-order valence-electron chi connectivity index (χ2n) is 6.89. The normalized spacial score (nSPS) is 26.0. The molecule has 1 unspecified atom stereocenters. The largest absolute Gasteiger partial charge is 0.445 e. The van der Waals surface area contributed by atoms with Crippen LogP contribution in [0.4, 0.5) is 4.79 Å². The first kappa shape index (κ1) is 16.3. The zero-order chi connectivity index (χ0) is 16.1. The molecule has 2 bridgehead atoms. The number of nitrogens with zero attached hydrogens (tertiary/aromatic N) is 1. The monoisotopic (exact) mass is 316 g/mol. The lowest BCUT2D eigenvalue weighted by Crippen LogP contribution is -2.57. The molecule has 3 heterocycles. The summed E-state index contributed by atoms with van der Waals surface area (Å²) in [6.45, 7) is 5.90. The van der Waals surface area contributed by atoms with Crippen molar-refractivity contribution in [2.45, 2.75) is 51.7 Å². The number of hydrogen-bond acceptors (Lipinski definition) is 3. The molecule has 4 heteroatoms. The molecule has 1 aromatic carbocycles. The Hall–Kier alpha value is -1.55. The van der Waals surface area contributed by atoms with Gasteiger partial charge in [0.25, 0.3) is 0 Å². The lowest BCUT2D eigenvalue weighted by Gasteiger charge is -2.44. The van der Waals surface area contributed by atoms with E-state index in [1.165, 1.54) is 44.3 Å². The van der Waals surface area contributed by atoms with Crippen LogP contribution in [0.15, 0.2) is 24.3 Å². The van der Waals surface area contributed by atoms with Crippen LogP contribution in [0.1, 0.15) is 43.7 Å². The van der Waals surface area contributed by atoms with Crippen molar-refractivity contribution >= 4 is 6.09 Å². The van der Waals surface area contributed by atoms with Gasteiger partial charge in [-0.3, -0.25) is 0 Å². The third-order valence-electron chi connectivity index (χ3n) is 5.17.